The van der Waals surface area contributed by atoms with Gasteiger partial charge in [0.1, 0.15) is 11.0 Å². The van der Waals surface area contributed by atoms with Crippen molar-refractivity contribution in [3.05, 3.63) is 11.2 Å². The van der Waals surface area contributed by atoms with E-state index in [1.807, 2.05) is 0 Å². The number of aromatic nitrogens is 2. The van der Waals surface area contributed by atoms with Crippen LogP contribution in [0.15, 0.2) is 6.07 Å². The Bertz CT molecular complexity index is 287. The van der Waals surface area contributed by atoms with Gasteiger partial charge in [-0.25, -0.2) is 4.98 Å². The molecular weight excluding hydrogens is 247 g/mol. The maximum Gasteiger partial charge on any atom is 0.223 e. The highest BCUT2D eigenvalue weighted by Crippen LogP contribution is 2.12. The molecule has 0 aliphatic heterocycles. The van der Waals surface area contributed by atoms with Crippen LogP contribution in [0.2, 0.25) is 5.15 Å². The van der Waals surface area contributed by atoms with Crippen molar-refractivity contribution in [3.63, 3.8) is 0 Å². The third kappa shape index (κ3) is 5.98. The molecule has 92 valence electrons. The molecule has 0 saturated carbocycles. The molecule has 1 aromatic rings. The quantitative estimate of drug-likeness (QED) is 0.612. The van der Waals surface area contributed by atoms with E-state index < -0.39 is 0 Å². The molecule has 0 aromatic carbocycles. The van der Waals surface area contributed by atoms with Crippen LogP contribution in [0.25, 0.3) is 0 Å². The van der Waals surface area contributed by atoms with Crippen LogP contribution in [0, 0.1) is 0 Å². The maximum absolute atomic E-state index is 5.74. The lowest BCUT2D eigenvalue weighted by Gasteiger charge is -2.05. The predicted molar refractivity (Wildman–Crippen MR) is 71.3 cm³/mol. The molecule has 0 spiro atoms. The Morgan fingerprint density at radius 2 is 2.06 bits per heavy atom. The van der Waals surface area contributed by atoms with Gasteiger partial charge in [0.25, 0.3) is 0 Å². The van der Waals surface area contributed by atoms with Crippen LogP contribution < -0.4 is 11.1 Å². The third-order valence-electron chi connectivity index (χ3n) is 2.05. The summed E-state index contributed by atoms with van der Waals surface area (Å²) in [7, 11) is 0. The van der Waals surface area contributed by atoms with Crippen LogP contribution in [0.5, 0.6) is 0 Å². The van der Waals surface area contributed by atoms with Crippen LogP contribution in [-0.2, 0) is 0 Å². The SMILES string of the molecule is CCCCCCNc1cc(Cl)nc(N)n1.Cl. The second-order valence-corrected chi connectivity index (χ2v) is 3.81. The molecule has 1 heterocycles. The van der Waals surface area contributed by atoms with E-state index in [1.165, 1.54) is 19.3 Å². The second kappa shape index (κ2) is 8.42. The molecule has 0 atom stereocenters. The Balaban J connectivity index is 0.00000225. The number of hydrogen-bond acceptors (Lipinski definition) is 4. The van der Waals surface area contributed by atoms with Gasteiger partial charge in [0.15, 0.2) is 0 Å². The molecule has 0 saturated heterocycles. The van der Waals surface area contributed by atoms with Crippen molar-refractivity contribution >= 4 is 35.8 Å². The van der Waals surface area contributed by atoms with Crippen molar-refractivity contribution in [2.24, 2.45) is 0 Å². The van der Waals surface area contributed by atoms with Gasteiger partial charge in [-0.3, -0.25) is 0 Å². The monoisotopic (exact) mass is 264 g/mol. The van der Waals surface area contributed by atoms with Gasteiger partial charge < -0.3 is 11.1 Å². The van der Waals surface area contributed by atoms with Crippen LogP contribution in [-0.4, -0.2) is 16.5 Å². The molecule has 0 aliphatic rings. The summed E-state index contributed by atoms with van der Waals surface area (Å²) in [5.74, 6) is 0.905. The fourth-order valence-electron chi connectivity index (χ4n) is 1.29. The molecule has 16 heavy (non-hydrogen) atoms. The summed E-state index contributed by atoms with van der Waals surface area (Å²) < 4.78 is 0. The van der Waals surface area contributed by atoms with Gasteiger partial charge in [0.05, 0.1) is 0 Å². The van der Waals surface area contributed by atoms with Crippen molar-refractivity contribution in [3.8, 4) is 0 Å². The highest BCUT2D eigenvalue weighted by Gasteiger charge is 1.99. The van der Waals surface area contributed by atoms with Gasteiger partial charge in [-0.15, -0.1) is 12.4 Å². The smallest absolute Gasteiger partial charge is 0.223 e. The zero-order chi connectivity index (χ0) is 11.1. The van der Waals surface area contributed by atoms with Crippen molar-refractivity contribution < 1.29 is 0 Å². The average molecular weight is 265 g/mol. The first-order valence-corrected chi connectivity index (χ1v) is 5.64. The second-order valence-electron chi connectivity index (χ2n) is 3.42. The summed E-state index contributed by atoms with van der Waals surface area (Å²) in [6.45, 7) is 3.09. The predicted octanol–water partition coefficient (Wildman–Crippen LogP) is 3.13. The van der Waals surface area contributed by atoms with Gasteiger partial charge in [-0.2, -0.15) is 4.98 Å². The van der Waals surface area contributed by atoms with Gasteiger partial charge in [-0.05, 0) is 6.42 Å². The highest BCUT2D eigenvalue weighted by molar-refractivity contribution is 6.29. The first-order chi connectivity index (χ1) is 7.22. The van der Waals surface area contributed by atoms with E-state index >= 15 is 0 Å². The van der Waals surface area contributed by atoms with E-state index in [2.05, 4.69) is 22.2 Å². The molecule has 6 heteroatoms. The molecule has 0 fully saturated rings. The number of nitrogens with zero attached hydrogens (tertiary/aromatic N) is 2. The van der Waals surface area contributed by atoms with E-state index in [1.54, 1.807) is 6.07 Å². The summed E-state index contributed by atoms with van der Waals surface area (Å²) in [6.07, 6.45) is 4.88. The summed E-state index contributed by atoms with van der Waals surface area (Å²) in [4.78, 5) is 7.81. The van der Waals surface area contributed by atoms with Crippen LogP contribution in [0.4, 0.5) is 11.8 Å². The molecule has 0 unspecified atom stereocenters. The Hall–Kier alpha value is -0.740. The van der Waals surface area contributed by atoms with Crippen LogP contribution in [0.3, 0.4) is 0 Å². The van der Waals surface area contributed by atoms with Crippen molar-refractivity contribution in [1.29, 1.82) is 0 Å². The van der Waals surface area contributed by atoms with Gasteiger partial charge >= 0.3 is 0 Å². The topological polar surface area (TPSA) is 63.8 Å². The average Bonchev–Trinajstić information content (AvgIpc) is 2.16. The number of hydrogen-bond donors (Lipinski definition) is 2. The lowest BCUT2D eigenvalue weighted by atomic mass is 10.2. The number of rotatable bonds is 6. The largest absolute Gasteiger partial charge is 0.370 e. The molecule has 3 N–H and O–H groups in total. The molecule has 0 bridgehead atoms. The molecular formula is C10H18Cl2N4. The van der Waals surface area contributed by atoms with Gasteiger partial charge in [-0.1, -0.05) is 37.8 Å². The summed E-state index contributed by atoms with van der Waals surface area (Å²) in [6, 6.07) is 1.68. The molecule has 4 nitrogen and oxygen atoms in total. The van der Waals surface area contributed by atoms with Crippen molar-refractivity contribution in [2.45, 2.75) is 32.6 Å². The van der Waals surface area contributed by atoms with E-state index in [0.29, 0.717) is 11.0 Å². The lowest BCUT2D eigenvalue weighted by Crippen LogP contribution is -2.05. The molecule has 0 radical (unpaired) electrons. The molecule has 1 rings (SSSR count). The van der Waals surface area contributed by atoms with E-state index in [0.717, 1.165) is 13.0 Å². The zero-order valence-electron chi connectivity index (χ0n) is 9.37. The van der Waals surface area contributed by atoms with Crippen LogP contribution in [0.1, 0.15) is 32.6 Å². The molecule has 0 amide bonds. The number of nitrogens with one attached hydrogen (secondary N) is 1. The number of halogens is 2. The Morgan fingerprint density at radius 3 is 2.69 bits per heavy atom. The molecule has 1 aromatic heterocycles. The van der Waals surface area contributed by atoms with E-state index in [-0.39, 0.29) is 18.4 Å². The summed E-state index contributed by atoms with van der Waals surface area (Å²) >= 11 is 5.74. The van der Waals surface area contributed by atoms with Crippen molar-refractivity contribution in [1.82, 2.24) is 9.97 Å². The summed E-state index contributed by atoms with van der Waals surface area (Å²) in [5, 5.41) is 3.54. The normalized spacial score (nSPS) is 9.62. The number of unbranched alkanes of at least 4 members (excludes halogenated alkanes) is 3. The number of nitrogen functional groups attached to an aromatic ring is 1. The Morgan fingerprint density at radius 1 is 1.31 bits per heavy atom. The highest BCUT2D eigenvalue weighted by atomic mass is 35.5. The lowest BCUT2D eigenvalue weighted by molar-refractivity contribution is 0.684. The van der Waals surface area contributed by atoms with E-state index in [4.69, 9.17) is 17.3 Å². The summed E-state index contributed by atoms with van der Waals surface area (Å²) in [5.41, 5.74) is 5.46. The van der Waals surface area contributed by atoms with Gasteiger partial charge in [0.2, 0.25) is 5.95 Å². The van der Waals surface area contributed by atoms with E-state index in [9.17, 15) is 0 Å². The minimum Gasteiger partial charge on any atom is -0.370 e. The number of nitrogens with two attached hydrogens (primary N) is 1. The minimum absolute atomic E-state index is 0. The number of anilines is 2. The molecule has 0 aliphatic carbocycles. The fraction of sp³-hybridized carbons (Fsp3) is 0.600. The van der Waals surface area contributed by atoms with Crippen LogP contribution >= 0.6 is 24.0 Å². The van der Waals surface area contributed by atoms with Crippen molar-refractivity contribution in [2.75, 3.05) is 17.6 Å². The maximum atomic E-state index is 5.74. The third-order valence-corrected chi connectivity index (χ3v) is 2.24. The Kier molecular flexibility index (Phi) is 8.03. The van der Waals surface area contributed by atoms with Gasteiger partial charge in [0, 0.05) is 12.6 Å². The fourth-order valence-corrected chi connectivity index (χ4v) is 1.48. The Labute approximate surface area is 107 Å². The zero-order valence-corrected chi connectivity index (χ0v) is 10.9. The minimum atomic E-state index is 0. The first kappa shape index (κ1) is 15.3. The first-order valence-electron chi connectivity index (χ1n) is 5.26. The standard InChI is InChI=1S/C10H17ClN4.ClH/c1-2-3-4-5-6-13-9-7-8(11)14-10(12)15-9;/h7H,2-6H2,1H3,(H3,12,13,14,15);1H.